The fourth-order valence-corrected chi connectivity index (χ4v) is 2.91. The molecule has 4 heteroatoms. The van der Waals surface area contributed by atoms with Crippen LogP contribution in [0.4, 0.5) is 11.6 Å². The van der Waals surface area contributed by atoms with Gasteiger partial charge in [-0.15, -0.1) is 0 Å². The summed E-state index contributed by atoms with van der Waals surface area (Å²) in [4.78, 5) is 9.29. The molecule has 1 heterocycles. The fourth-order valence-electron chi connectivity index (χ4n) is 2.91. The Kier molecular flexibility index (Phi) is 5.21. The standard InChI is InChI=1S/C16H28N4/c1-5-14-19-15(17-6-2)12(4)16(20-14)18-13-10-8-7-9-11(13)3/h11,13H,5-10H2,1-4H3,(H2,17,18,19,20). The third-order valence-electron chi connectivity index (χ3n) is 4.29. The highest BCUT2D eigenvalue weighted by Crippen LogP contribution is 2.28. The summed E-state index contributed by atoms with van der Waals surface area (Å²) < 4.78 is 0. The van der Waals surface area contributed by atoms with Crippen molar-refractivity contribution in [2.75, 3.05) is 17.2 Å². The minimum atomic E-state index is 0.552. The topological polar surface area (TPSA) is 49.8 Å². The van der Waals surface area contributed by atoms with Gasteiger partial charge in [-0.2, -0.15) is 0 Å². The molecule has 0 bridgehead atoms. The summed E-state index contributed by atoms with van der Waals surface area (Å²) in [6.07, 6.45) is 6.14. The molecule has 2 unspecified atom stereocenters. The Morgan fingerprint density at radius 1 is 1.10 bits per heavy atom. The average Bonchev–Trinajstić information content (AvgIpc) is 2.45. The fraction of sp³-hybridized carbons (Fsp3) is 0.750. The van der Waals surface area contributed by atoms with E-state index in [1.54, 1.807) is 0 Å². The molecule has 20 heavy (non-hydrogen) atoms. The van der Waals surface area contributed by atoms with Crippen molar-refractivity contribution in [3.8, 4) is 0 Å². The van der Waals surface area contributed by atoms with Crippen molar-refractivity contribution in [1.29, 1.82) is 0 Å². The zero-order chi connectivity index (χ0) is 14.5. The summed E-state index contributed by atoms with van der Waals surface area (Å²) in [6.45, 7) is 9.55. The van der Waals surface area contributed by atoms with Crippen molar-refractivity contribution in [3.63, 3.8) is 0 Å². The van der Waals surface area contributed by atoms with E-state index in [9.17, 15) is 0 Å². The molecule has 2 atom stereocenters. The molecule has 0 radical (unpaired) electrons. The molecular weight excluding hydrogens is 248 g/mol. The van der Waals surface area contributed by atoms with Crippen molar-refractivity contribution in [3.05, 3.63) is 11.4 Å². The molecule has 2 N–H and O–H groups in total. The Morgan fingerprint density at radius 2 is 1.80 bits per heavy atom. The first-order valence-corrected chi connectivity index (χ1v) is 8.03. The van der Waals surface area contributed by atoms with Crippen LogP contribution in [0.15, 0.2) is 0 Å². The smallest absolute Gasteiger partial charge is 0.135 e. The van der Waals surface area contributed by atoms with E-state index in [0.717, 1.165) is 41.9 Å². The summed E-state index contributed by atoms with van der Waals surface area (Å²) in [7, 11) is 0. The summed E-state index contributed by atoms with van der Waals surface area (Å²) in [6, 6.07) is 0.552. The van der Waals surface area contributed by atoms with Gasteiger partial charge in [-0.1, -0.05) is 26.7 Å². The number of hydrogen-bond acceptors (Lipinski definition) is 4. The van der Waals surface area contributed by atoms with Gasteiger partial charge in [-0.25, -0.2) is 9.97 Å². The second-order valence-corrected chi connectivity index (χ2v) is 5.86. The molecule has 2 rings (SSSR count). The van der Waals surface area contributed by atoms with Crippen LogP contribution in [0, 0.1) is 12.8 Å². The van der Waals surface area contributed by atoms with Gasteiger partial charge in [-0.05, 0) is 32.6 Å². The zero-order valence-electron chi connectivity index (χ0n) is 13.3. The quantitative estimate of drug-likeness (QED) is 0.859. The number of aryl methyl sites for hydroxylation is 1. The minimum Gasteiger partial charge on any atom is -0.370 e. The van der Waals surface area contributed by atoms with Gasteiger partial charge in [0.05, 0.1) is 0 Å². The van der Waals surface area contributed by atoms with Crippen LogP contribution in [-0.4, -0.2) is 22.6 Å². The lowest BCUT2D eigenvalue weighted by Gasteiger charge is -2.30. The van der Waals surface area contributed by atoms with Crippen molar-refractivity contribution in [2.24, 2.45) is 5.92 Å². The van der Waals surface area contributed by atoms with E-state index in [1.165, 1.54) is 25.7 Å². The average molecular weight is 276 g/mol. The molecule has 112 valence electrons. The van der Waals surface area contributed by atoms with Crippen LogP contribution in [0.1, 0.15) is 57.8 Å². The maximum Gasteiger partial charge on any atom is 0.135 e. The lowest BCUT2D eigenvalue weighted by Crippen LogP contribution is -2.31. The number of hydrogen-bond donors (Lipinski definition) is 2. The molecular formula is C16H28N4. The zero-order valence-corrected chi connectivity index (χ0v) is 13.3. The second-order valence-electron chi connectivity index (χ2n) is 5.86. The third kappa shape index (κ3) is 3.41. The van der Waals surface area contributed by atoms with Crippen LogP contribution in [-0.2, 0) is 6.42 Å². The van der Waals surface area contributed by atoms with E-state index < -0.39 is 0 Å². The minimum absolute atomic E-state index is 0.552. The van der Waals surface area contributed by atoms with Crippen molar-refractivity contribution in [1.82, 2.24) is 9.97 Å². The lowest BCUT2D eigenvalue weighted by molar-refractivity contribution is 0.349. The maximum atomic E-state index is 4.70. The molecule has 0 aromatic carbocycles. The van der Waals surface area contributed by atoms with Crippen LogP contribution in [0.2, 0.25) is 0 Å². The van der Waals surface area contributed by atoms with Crippen LogP contribution >= 0.6 is 0 Å². The van der Waals surface area contributed by atoms with Crippen LogP contribution in [0.3, 0.4) is 0 Å². The van der Waals surface area contributed by atoms with Gasteiger partial charge in [0.2, 0.25) is 0 Å². The van der Waals surface area contributed by atoms with Gasteiger partial charge in [0.15, 0.2) is 0 Å². The van der Waals surface area contributed by atoms with E-state index in [2.05, 4.69) is 43.3 Å². The Bertz CT molecular complexity index is 444. The lowest BCUT2D eigenvalue weighted by atomic mass is 9.86. The van der Waals surface area contributed by atoms with Crippen LogP contribution in [0.25, 0.3) is 0 Å². The molecule has 4 nitrogen and oxygen atoms in total. The Balaban J connectivity index is 2.22. The molecule has 1 fully saturated rings. The molecule has 0 spiro atoms. The molecule has 1 aliphatic carbocycles. The van der Waals surface area contributed by atoms with E-state index in [0.29, 0.717) is 6.04 Å². The van der Waals surface area contributed by atoms with Crippen molar-refractivity contribution >= 4 is 11.6 Å². The number of nitrogens with zero attached hydrogens (tertiary/aromatic N) is 2. The number of anilines is 2. The van der Waals surface area contributed by atoms with E-state index in [-0.39, 0.29) is 0 Å². The van der Waals surface area contributed by atoms with Gasteiger partial charge in [0, 0.05) is 24.6 Å². The second kappa shape index (κ2) is 6.91. The number of nitrogens with one attached hydrogen (secondary N) is 2. The highest BCUT2D eigenvalue weighted by molar-refractivity contribution is 5.57. The van der Waals surface area contributed by atoms with Gasteiger partial charge in [-0.3, -0.25) is 0 Å². The highest BCUT2D eigenvalue weighted by atomic mass is 15.1. The first-order valence-electron chi connectivity index (χ1n) is 8.03. The normalized spacial score (nSPS) is 22.6. The molecule has 0 aliphatic heterocycles. The summed E-state index contributed by atoms with van der Waals surface area (Å²) in [5, 5.41) is 7.03. The predicted molar refractivity (Wildman–Crippen MR) is 85.4 cm³/mol. The summed E-state index contributed by atoms with van der Waals surface area (Å²) >= 11 is 0. The molecule has 1 aliphatic rings. The van der Waals surface area contributed by atoms with Crippen molar-refractivity contribution < 1.29 is 0 Å². The maximum absolute atomic E-state index is 4.70. The van der Waals surface area contributed by atoms with Gasteiger partial charge in [0.25, 0.3) is 0 Å². The first-order chi connectivity index (χ1) is 9.65. The molecule has 1 aromatic rings. The SMILES string of the molecule is CCNc1nc(CC)nc(NC2CCCCC2C)c1C. The van der Waals surface area contributed by atoms with Gasteiger partial charge >= 0.3 is 0 Å². The summed E-state index contributed by atoms with van der Waals surface area (Å²) in [5.41, 5.74) is 1.14. The summed E-state index contributed by atoms with van der Waals surface area (Å²) in [5.74, 6) is 3.64. The molecule has 1 aromatic heterocycles. The molecule has 0 saturated heterocycles. The van der Waals surface area contributed by atoms with E-state index >= 15 is 0 Å². The Morgan fingerprint density at radius 3 is 2.45 bits per heavy atom. The highest BCUT2D eigenvalue weighted by Gasteiger charge is 2.22. The predicted octanol–water partition coefficient (Wildman–Crippen LogP) is 3.77. The van der Waals surface area contributed by atoms with Gasteiger partial charge in [0.1, 0.15) is 17.5 Å². The van der Waals surface area contributed by atoms with E-state index in [4.69, 9.17) is 4.98 Å². The van der Waals surface area contributed by atoms with Crippen molar-refractivity contribution in [2.45, 2.75) is 65.8 Å². The Labute approximate surface area is 122 Å². The van der Waals surface area contributed by atoms with Gasteiger partial charge < -0.3 is 10.6 Å². The van der Waals surface area contributed by atoms with Crippen LogP contribution < -0.4 is 10.6 Å². The van der Waals surface area contributed by atoms with Crippen LogP contribution in [0.5, 0.6) is 0 Å². The van der Waals surface area contributed by atoms with E-state index in [1.807, 2.05) is 0 Å². The largest absolute Gasteiger partial charge is 0.370 e. The number of rotatable bonds is 5. The molecule has 1 saturated carbocycles. The first kappa shape index (κ1) is 15.1. The third-order valence-corrected chi connectivity index (χ3v) is 4.29. The Hall–Kier alpha value is -1.32. The number of aromatic nitrogens is 2. The molecule has 0 amide bonds. The monoisotopic (exact) mass is 276 g/mol.